The van der Waals surface area contributed by atoms with E-state index in [1.807, 2.05) is 12.1 Å². The Labute approximate surface area is 181 Å². The van der Waals surface area contributed by atoms with Crippen LogP contribution in [0, 0.1) is 6.92 Å². The molecule has 0 fully saturated rings. The summed E-state index contributed by atoms with van der Waals surface area (Å²) in [4.78, 5) is 14.9. The SMILES string of the molecule is Cc1ccn(-c2ccc(C(=O)N3Cc4ccnn4Cc4ccccc43)c(C(F)(F)F)c2)n1. The molecule has 1 aliphatic heterocycles. The third-order valence-corrected chi connectivity index (χ3v) is 5.50. The molecule has 162 valence electrons. The number of alkyl halides is 3. The smallest absolute Gasteiger partial charge is 0.302 e. The first-order chi connectivity index (χ1) is 15.3. The predicted octanol–water partition coefficient (Wildman–Crippen LogP) is 4.60. The lowest BCUT2D eigenvalue weighted by Crippen LogP contribution is -2.32. The number of nitrogens with zero attached hydrogens (tertiary/aromatic N) is 5. The maximum Gasteiger partial charge on any atom is 0.417 e. The minimum atomic E-state index is -4.71. The zero-order valence-corrected chi connectivity index (χ0v) is 17.0. The van der Waals surface area contributed by atoms with Crippen LogP contribution in [0.3, 0.4) is 0 Å². The monoisotopic (exact) mass is 437 g/mol. The fraction of sp³-hybridized carbons (Fsp3) is 0.174. The molecule has 9 heteroatoms. The van der Waals surface area contributed by atoms with Crippen LogP contribution in [0.4, 0.5) is 18.9 Å². The second-order valence-corrected chi connectivity index (χ2v) is 7.63. The number of halogens is 3. The van der Waals surface area contributed by atoms with Crippen LogP contribution in [0.2, 0.25) is 0 Å². The summed E-state index contributed by atoms with van der Waals surface area (Å²) in [6, 6.07) is 14.3. The van der Waals surface area contributed by atoms with E-state index >= 15 is 0 Å². The summed E-state index contributed by atoms with van der Waals surface area (Å²) in [5.41, 5.74) is 1.62. The number of rotatable bonds is 2. The van der Waals surface area contributed by atoms with E-state index in [0.29, 0.717) is 17.9 Å². The average molecular weight is 437 g/mol. The van der Waals surface area contributed by atoms with Crippen LogP contribution in [0.15, 0.2) is 67.0 Å². The van der Waals surface area contributed by atoms with Gasteiger partial charge in [-0.25, -0.2) is 4.68 Å². The summed E-state index contributed by atoms with van der Waals surface area (Å²) in [5, 5.41) is 8.45. The molecule has 0 atom stereocenters. The van der Waals surface area contributed by atoms with Gasteiger partial charge in [0, 0.05) is 18.1 Å². The Bertz CT molecular complexity index is 1320. The molecule has 1 aliphatic rings. The van der Waals surface area contributed by atoms with Crippen molar-refractivity contribution < 1.29 is 18.0 Å². The molecule has 0 N–H and O–H groups in total. The molecular weight excluding hydrogens is 419 g/mol. The number of aryl methyl sites for hydroxylation is 1. The molecular formula is C23H18F3N5O. The molecule has 0 spiro atoms. The molecule has 0 radical (unpaired) electrons. The van der Waals surface area contributed by atoms with Gasteiger partial charge in [-0.1, -0.05) is 18.2 Å². The lowest BCUT2D eigenvalue weighted by molar-refractivity contribution is -0.137. The van der Waals surface area contributed by atoms with Crippen molar-refractivity contribution in [3.05, 3.63) is 95.1 Å². The minimum Gasteiger partial charge on any atom is -0.302 e. The van der Waals surface area contributed by atoms with Crippen LogP contribution in [0.25, 0.3) is 5.69 Å². The van der Waals surface area contributed by atoms with Gasteiger partial charge in [0.2, 0.25) is 0 Å². The van der Waals surface area contributed by atoms with E-state index < -0.39 is 23.2 Å². The van der Waals surface area contributed by atoms with Gasteiger partial charge in [-0.3, -0.25) is 9.48 Å². The first kappa shape index (κ1) is 20.0. The molecule has 4 aromatic rings. The average Bonchev–Trinajstić information content (AvgIpc) is 3.36. The number of amides is 1. The first-order valence-electron chi connectivity index (χ1n) is 9.95. The second kappa shape index (κ2) is 7.37. The summed E-state index contributed by atoms with van der Waals surface area (Å²) in [5.74, 6) is -0.720. The Balaban J connectivity index is 1.62. The summed E-state index contributed by atoms with van der Waals surface area (Å²) >= 11 is 0. The van der Waals surface area contributed by atoms with E-state index in [-0.39, 0.29) is 12.2 Å². The van der Waals surface area contributed by atoms with E-state index in [0.717, 1.165) is 17.3 Å². The molecule has 6 nitrogen and oxygen atoms in total. The van der Waals surface area contributed by atoms with Gasteiger partial charge in [0.05, 0.1) is 41.3 Å². The number of benzene rings is 2. The third kappa shape index (κ3) is 3.45. The van der Waals surface area contributed by atoms with E-state index in [4.69, 9.17) is 0 Å². The van der Waals surface area contributed by atoms with Gasteiger partial charge in [-0.2, -0.15) is 23.4 Å². The van der Waals surface area contributed by atoms with Gasteiger partial charge in [0.1, 0.15) is 0 Å². The lowest BCUT2D eigenvalue weighted by atomic mass is 10.0. The molecule has 32 heavy (non-hydrogen) atoms. The molecule has 2 aromatic heterocycles. The van der Waals surface area contributed by atoms with Crippen LogP contribution >= 0.6 is 0 Å². The van der Waals surface area contributed by atoms with Crippen LogP contribution in [-0.2, 0) is 19.3 Å². The van der Waals surface area contributed by atoms with Gasteiger partial charge >= 0.3 is 6.18 Å². The van der Waals surface area contributed by atoms with Gasteiger partial charge in [-0.05, 0) is 48.9 Å². The summed E-state index contributed by atoms with van der Waals surface area (Å²) in [7, 11) is 0. The number of carbonyl (C=O) groups is 1. The number of fused-ring (bicyclic) bond motifs is 2. The van der Waals surface area contributed by atoms with Crippen LogP contribution in [-0.4, -0.2) is 25.5 Å². The van der Waals surface area contributed by atoms with Crippen molar-refractivity contribution >= 4 is 11.6 Å². The Morgan fingerprint density at radius 3 is 2.59 bits per heavy atom. The number of carbonyl (C=O) groups excluding carboxylic acids is 1. The maximum absolute atomic E-state index is 14.0. The quantitative estimate of drug-likeness (QED) is 0.460. The van der Waals surface area contributed by atoms with Crippen molar-refractivity contribution in [3.63, 3.8) is 0 Å². The second-order valence-electron chi connectivity index (χ2n) is 7.63. The zero-order valence-electron chi connectivity index (χ0n) is 17.0. The minimum absolute atomic E-state index is 0.118. The number of aromatic nitrogens is 4. The molecule has 0 bridgehead atoms. The highest BCUT2D eigenvalue weighted by atomic mass is 19.4. The van der Waals surface area contributed by atoms with Crippen LogP contribution in [0.5, 0.6) is 0 Å². The van der Waals surface area contributed by atoms with Gasteiger partial charge in [-0.15, -0.1) is 0 Å². The Kier molecular flexibility index (Phi) is 4.61. The number of anilines is 1. The van der Waals surface area contributed by atoms with Crippen molar-refractivity contribution in [3.8, 4) is 5.69 Å². The first-order valence-corrected chi connectivity index (χ1v) is 9.95. The Hall–Kier alpha value is -3.88. The molecule has 0 unspecified atom stereocenters. The van der Waals surface area contributed by atoms with Crippen molar-refractivity contribution in [2.24, 2.45) is 0 Å². The molecule has 3 heterocycles. The van der Waals surface area contributed by atoms with E-state index in [2.05, 4.69) is 10.2 Å². The Morgan fingerprint density at radius 2 is 1.84 bits per heavy atom. The van der Waals surface area contributed by atoms with Crippen molar-refractivity contribution in [2.45, 2.75) is 26.2 Å². The van der Waals surface area contributed by atoms with Gasteiger partial charge in [0.25, 0.3) is 5.91 Å². The van der Waals surface area contributed by atoms with Gasteiger partial charge < -0.3 is 4.90 Å². The molecule has 1 amide bonds. The van der Waals surface area contributed by atoms with Crippen LogP contribution in [0.1, 0.15) is 32.9 Å². The highest BCUT2D eigenvalue weighted by Crippen LogP contribution is 2.36. The summed E-state index contributed by atoms with van der Waals surface area (Å²) in [6.07, 6.45) is -1.51. The molecule has 0 saturated heterocycles. The van der Waals surface area contributed by atoms with Crippen molar-refractivity contribution in [2.75, 3.05) is 4.90 Å². The fourth-order valence-electron chi connectivity index (χ4n) is 3.93. The van der Waals surface area contributed by atoms with E-state index in [1.165, 1.54) is 21.7 Å². The summed E-state index contributed by atoms with van der Waals surface area (Å²) in [6.45, 7) is 2.31. The molecule has 5 rings (SSSR count). The van der Waals surface area contributed by atoms with Crippen LogP contribution < -0.4 is 4.90 Å². The van der Waals surface area contributed by atoms with E-state index in [1.54, 1.807) is 48.3 Å². The highest BCUT2D eigenvalue weighted by Gasteiger charge is 2.37. The normalized spacial score (nSPS) is 13.4. The number of hydrogen-bond acceptors (Lipinski definition) is 3. The summed E-state index contributed by atoms with van der Waals surface area (Å²) < 4.78 is 45.2. The van der Waals surface area contributed by atoms with Crippen molar-refractivity contribution in [1.29, 1.82) is 0 Å². The predicted molar refractivity (Wildman–Crippen MR) is 112 cm³/mol. The lowest BCUT2D eigenvalue weighted by Gasteiger charge is -2.24. The molecule has 2 aromatic carbocycles. The van der Waals surface area contributed by atoms with Gasteiger partial charge in [0.15, 0.2) is 0 Å². The third-order valence-electron chi connectivity index (χ3n) is 5.50. The standard InChI is InChI=1S/C23H18F3N5O/c1-15-9-11-30(28-15)17-6-7-19(20(12-17)23(24,25)26)22(32)29-14-18-8-10-27-31(18)13-16-4-2-3-5-21(16)29/h2-12H,13-14H2,1H3. The number of para-hydroxylation sites is 1. The number of hydrogen-bond donors (Lipinski definition) is 0. The Morgan fingerprint density at radius 1 is 1.03 bits per heavy atom. The zero-order chi connectivity index (χ0) is 22.5. The van der Waals surface area contributed by atoms with Crippen molar-refractivity contribution in [1.82, 2.24) is 19.6 Å². The topological polar surface area (TPSA) is 56.0 Å². The largest absolute Gasteiger partial charge is 0.417 e. The highest BCUT2D eigenvalue weighted by molar-refractivity contribution is 6.07. The molecule has 0 saturated carbocycles. The molecule has 0 aliphatic carbocycles. The van der Waals surface area contributed by atoms with E-state index in [9.17, 15) is 18.0 Å². The fourth-order valence-corrected chi connectivity index (χ4v) is 3.93. The maximum atomic E-state index is 14.0.